The molecule has 0 unspecified atom stereocenters. The van der Waals surface area contributed by atoms with Crippen LogP contribution in [-0.2, 0) is 6.54 Å². The molecule has 1 saturated carbocycles. The fraction of sp³-hybridized carbons (Fsp3) is 0.375. The third-order valence-corrected chi connectivity index (χ3v) is 3.59. The van der Waals surface area contributed by atoms with Gasteiger partial charge in [-0.1, -0.05) is 17.7 Å². The highest BCUT2D eigenvalue weighted by Gasteiger charge is 2.20. The van der Waals surface area contributed by atoms with Crippen LogP contribution in [0.3, 0.4) is 0 Å². The Morgan fingerprint density at radius 2 is 1.95 bits per heavy atom. The van der Waals surface area contributed by atoms with Crippen molar-refractivity contribution in [2.75, 3.05) is 11.9 Å². The standard InChI is InChI=1S/C16H20N4/c1-12-3-7-15(8-4-12)20(2)16-11-17-9-14(19-16)10-18-13-5-6-13/h3-4,7-9,11,13,18H,5-6,10H2,1-2H3. The van der Waals surface area contributed by atoms with Crippen LogP contribution in [0.5, 0.6) is 0 Å². The highest BCUT2D eigenvalue weighted by Crippen LogP contribution is 2.22. The Balaban J connectivity index is 1.74. The largest absolute Gasteiger partial charge is 0.328 e. The fourth-order valence-electron chi connectivity index (χ4n) is 2.08. The SMILES string of the molecule is Cc1ccc(N(C)c2cncc(CNC3CC3)n2)cc1. The van der Waals surface area contributed by atoms with Crippen LogP contribution in [-0.4, -0.2) is 23.1 Å². The summed E-state index contributed by atoms with van der Waals surface area (Å²) in [6, 6.07) is 9.11. The number of anilines is 2. The molecule has 1 aliphatic carbocycles. The highest BCUT2D eigenvalue weighted by molar-refractivity contribution is 5.58. The minimum absolute atomic E-state index is 0.690. The summed E-state index contributed by atoms with van der Waals surface area (Å²) in [6.07, 6.45) is 6.22. The van der Waals surface area contributed by atoms with Gasteiger partial charge in [-0.25, -0.2) is 4.98 Å². The summed E-state index contributed by atoms with van der Waals surface area (Å²) < 4.78 is 0. The van der Waals surface area contributed by atoms with Gasteiger partial charge in [0.05, 0.1) is 11.9 Å². The van der Waals surface area contributed by atoms with E-state index < -0.39 is 0 Å². The lowest BCUT2D eigenvalue weighted by molar-refractivity contribution is 0.671. The molecule has 0 spiro atoms. The number of aryl methyl sites for hydroxylation is 1. The minimum Gasteiger partial charge on any atom is -0.328 e. The first-order valence-corrected chi connectivity index (χ1v) is 7.07. The lowest BCUT2D eigenvalue weighted by atomic mass is 10.2. The third kappa shape index (κ3) is 3.14. The number of hydrogen-bond acceptors (Lipinski definition) is 4. The molecule has 0 atom stereocenters. The summed E-state index contributed by atoms with van der Waals surface area (Å²) in [5, 5.41) is 3.47. The number of aromatic nitrogens is 2. The molecule has 4 nitrogen and oxygen atoms in total. The quantitative estimate of drug-likeness (QED) is 0.905. The number of hydrogen-bond donors (Lipinski definition) is 1. The van der Waals surface area contributed by atoms with Crippen LogP contribution < -0.4 is 10.2 Å². The number of benzene rings is 1. The molecular formula is C16H20N4. The van der Waals surface area contributed by atoms with Crippen LogP contribution in [0.1, 0.15) is 24.1 Å². The van der Waals surface area contributed by atoms with Crippen molar-refractivity contribution in [3.8, 4) is 0 Å². The van der Waals surface area contributed by atoms with Gasteiger partial charge < -0.3 is 10.2 Å². The van der Waals surface area contributed by atoms with Gasteiger partial charge in [0.1, 0.15) is 0 Å². The normalized spacial score (nSPS) is 14.3. The van der Waals surface area contributed by atoms with Crippen LogP contribution >= 0.6 is 0 Å². The van der Waals surface area contributed by atoms with Crippen molar-refractivity contribution < 1.29 is 0 Å². The molecule has 1 fully saturated rings. The van der Waals surface area contributed by atoms with Gasteiger partial charge >= 0.3 is 0 Å². The monoisotopic (exact) mass is 268 g/mol. The summed E-state index contributed by atoms with van der Waals surface area (Å²) in [5.74, 6) is 0.879. The van der Waals surface area contributed by atoms with E-state index in [1.165, 1.54) is 18.4 Å². The molecule has 0 bridgehead atoms. The van der Waals surface area contributed by atoms with Crippen molar-refractivity contribution in [2.24, 2.45) is 0 Å². The smallest absolute Gasteiger partial charge is 0.151 e. The lowest BCUT2D eigenvalue weighted by Crippen LogP contribution is -2.18. The van der Waals surface area contributed by atoms with E-state index >= 15 is 0 Å². The first-order valence-electron chi connectivity index (χ1n) is 7.07. The molecule has 1 aromatic heterocycles. The van der Waals surface area contributed by atoms with E-state index in [1.54, 1.807) is 6.20 Å². The highest BCUT2D eigenvalue weighted by atomic mass is 15.2. The molecule has 0 aliphatic heterocycles. The second kappa shape index (κ2) is 5.59. The second-order valence-electron chi connectivity index (χ2n) is 5.42. The van der Waals surface area contributed by atoms with Crippen LogP contribution in [0, 0.1) is 6.92 Å². The molecule has 0 amide bonds. The van der Waals surface area contributed by atoms with Crippen molar-refractivity contribution in [3.05, 3.63) is 47.9 Å². The Kier molecular flexibility index (Phi) is 3.65. The number of nitrogens with one attached hydrogen (secondary N) is 1. The van der Waals surface area contributed by atoms with Gasteiger partial charge in [0, 0.05) is 31.5 Å². The Hall–Kier alpha value is -1.94. The number of rotatable bonds is 5. The summed E-state index contributed by atoms with van der Waals surface area (Å²) in [7, 11) is 2.02. The van der Waals surface area contributed by atoms with Crippen LogP contribution in [0.2, 0.25) is 0 Å². The maximum absolute atomic E-state index is 4.67. The van der Waals surface area contributed by atoms with Crippen LogP contribution in [0.4, 0.5) is 11.5 Å². The Morgan fingerprint density at radius 1 is 1.20 bits per heavy atom. The molecule has 0 radical (unpaired) electrons. The Labute approximate surface area is 119 Å². The molecule has 0 saturated heterocycles. The Morgan fingerprint density at radius 3 is 2.65 bits per heavy atom. The summed E-state index contributed by atoms with van der Waals surface area (Å²) in [5.41, 5.74) is 3.38. The van der Waals surface area contributed by atoms with Gasteiger partial charge in [0.15, 0.2) is 5.82 Å². The van der Waals surface area contributed by atoms with E-state index in [0.717, 1.165) is 23.7 Å². The molecule has 4 heteroatoms. The molecule has 1 heterocycles. The zero-order valence-electron chi connectivity index (χ0n) is 12.0. The first-order chi connectivity index (χ1) is 9.72. The molecule has 20 heavy (non-hydrogen) atoms. The summed E-state index contributed by atoms with van der Waals surface area (Å²) >= 11 is 0. The van der Waals surface area contributed by atoms with Crippen LogP contribution in [0.25, 0.3) is 0 Å². The molecule has 3 rings (SSSR count). The average Bonchev–Trinajstić information content (AvgIpc) is 3.30. The van der Waals surface area contributed by atoms with Crippen LogP contribution in [0.15, 0.2) is 36.7 Å². The van der Waals surface area contributed by atoms with Crippen molar-refractivity contribution >= 4 is 11.5 Å². The van der Waals surface area contributed by atoms with Crippen molar-refractivity contribution in [1.82, 2.24) is 15.3 Å². The van der Waals surface area contributed by atoms with E-state index in [2.05, 4.69) is 51.4 Å². The minimum atomic E-state index is 0.690. The summed E-state index contributed by atoms with van der Waals surface area (Å²) in [4.78, 5) is 11.0. The summed E-state index contributed by atoms with van der Waals surface area (Å²) in [6.45, 7) is 2.89. The van der Waals surface area contributed by atoms with Gasteiger partial charge in [-0.05, 0) is 31.9 Å². The maximum atomic E-state index is 4.67. The number of nitrogens with zero attached hydrogens (tertiary/aromatic N) is 3. The topological polar surface area (TPSA) is 41.1 Å². The molecule has 2 aromatic rings. The molecule has 1 aromatic carbocycles. The third-order valence-electron chi connectivity index (χ3n) is 3.59. The van der Waals surface area contributed by atoms with E-state index in [0.29, 0.717) is 6.04 Å². The predicted octanol–water partition coefficient (Wildman–Crippen LogP) is 2.80. The van der Waals surface area contributed by atoms with Gasteiger partial charge in [-0.3, -0.25) is 4.98 Å². The van der Waals surface area contributed by atoms with Crippen molar-refractivity contribution in [1.29, 1.82) is 0 Å². The van der Waals surface area contributed by atoms with E-state index in [1.807, 2.05) is 13.2 Å². The van der Waals surface area contributed by atoms with Gasteiger partial charge in [-0.2, -0.15) is 0 Å². The first kappa shape index (κ1) is 13.1. The van der Waals surface area contributed by atoms with Crippen molar-refractivity contribution in [3.63, 3.8) is 0 Å². The molecule has 1 N–H and O–H groups in total. The van der Waals surface area contributed by atoms with Gasteiger partial charge in [0.25, 0.3) is 0 Å². The second-order valence-corrected chi connectivity index (χ2v) is 5.42. The van der Waals surface area contributed by atoms with E-state index in [-0.39, 0.29) is 0 Å². The zero-order valence-corrected chi connectivity index (χ0v) is 12.0. The average molecular weight is 268 g/mol. The lowest BCUT2D eigenvalue weighted by Gasteiger charge is -2.18. The molecular weight excluding hydrogens is 248 g/mol. The predicted molar refractivity (Wildman–Crippen MR) is 81.1 cm³/mol. The van der Waals surface area contributed by atoms with E-state index in [9.17, 15) is 0 Å². The van der Waals surface area contributed by atoms with Gasteiger partial charge in [-0.15, -0.1) is 0 Å². The van der Waals surface area contributed by atoms with Gasteiger partial charge in [0.2, 0.25) is 0 Å². The molecule has 1 aliphatic rings. The molecule has 104 valence electrons. The fourth-order valence-corrected chi connectivity index (χ4v) is 2.08. The van der Waals surface area contributed by atoms with Crippen molar-refractivity contribution in [2.45, 2.75) is 32.4 Å². The Bertz CT molecular complexity index is 575. The maximum Gasteiger partial charge on any atom is 0.151 e. The van der Waals surface area contributed by atoms with E-state index in [4.69, 9.17) is 0 Å². The zero-order chi connectivity index (χ0) is 13.9.